The van der Waals surface area contributed by atoms with E-state index in [1.807, 2.05) is 6.07 Å². The van der Waals surface area contributed by atoms with E-state index in [1.54, 1.807) is 24.3 Å². The van der Waals surface area contributed by atoms with Crippen LogP contribution in [0.2, 0.25) is 5.02 Å². The van der Waals surface area contributed by atoms with Crippen LogP contribution in [0.3, 0.4) is 0 Å². The van der Waals surface area contributed by atoms with Gasteiger partial charge < -0.3 is 5.32 Å². The minimum Gasteiger partial charge on any atom is -0.325 e. The van der Waals surface area contributed by atoms with Crippen LogP contribution in [0.1, 0.15) is 23.4 Å². The van der Waals surface area contributed by atoms with Crippen molar-refractivity contribution in [2.24, 2.45) is 0 Å². The zero-order chi connectivity index (χ0) is 17.9. The van der Waals surface area contributed by atoms with E-state index in [9.17, 15) is 18.0 Å². The number of aromatic nitrogens is 2. The number of carbonyl (C=O) groups is 1. The Labute approximate surface area is 140 Å². The van der Waals surface area contributed by atoms with Crippen LogP contribution in [0.15, 0.2) is 24.3 Å². The number of halogens is 4. The Hall–Kier alpha value is -2.53. The molecule has 0 atom stereocenters. The highest BCUT2D eigenvalue weighted by molar-refractivity contribution is 6.31. The first-order valence-corrected chi connectivity index (χ1v) is 7.21. The molecule has 0 radical (unpaired) electrons. The molecule has 24 heavy (non-hydrogen) atoms. The molecule has 126 valence electrons. The van der Waals surface area contributed by atoms with Crippen molar-refractivity contribution in [3.05, 3.63) is 46.2 Å². The lowest BCUT2D eigenvalue weighted by Crippen LogP contribution is -2.16. The van der Waals surface area contributed by atoms with Crippen LogP contribution >= 0.6 is 11.6 Å². The van der Waals surface area contributed by atoms with Crippen LogP contribution in [0, 0.1) is 18.3 Å². The number of hydrogen-bond acceptors (Lipinski definition) is 3. The lowest BCUT2D eigenvalue weighted by molar-refractivity contribution is -0.141. The molecule has 1 amide bonds. The van der Waals surface area contributed by atoms with Gasteiger partial charge in [-0.3, -0.25) is 9.48 Å². The molecule has 0 saturated carbocycles. The Morgan fingerprint density at radius 1 is 1.42 bits per heavy atom. The predicted molar refractivity (Wildman–Crippen MR) is 81.4 cm³/mol. The lowest BCUT2D eigenvalue weighted by atomic mass is 10.2. The summed E-state index contributed by atoms with van der Waals surface area (Å²) in [4.78, 5) is 11.9. The lowest BCUT2D eigenvalue weighted by Gasteiger charge is -2.08. The Balaban J connectivity index is 2.06. The van der Waals surface area contributed by atoms with E-state index < -0.39 is 22.8 Å². The van der Waals surface area contributed by atoms with Gasteiger partial charge in [0.2, 0.25) is 5.91 Å². The average Bonchev–Trinajstić information content (AvgIpc) is 2.81. The van der Waals surface area contributed by atoms with E-state index in [1.165, 1.54) is 6.92 Å². The highest BCUT2D eigenvalue weighted by Crippen LogP contribution is 2.35. The van der Waals surface area contributed by atoms with Crippen LogP contribution in [0.25, 0.3) is 0 Å². The standard InChI is InChI=1S/C15H12ClF3N4O/c1-9-13(16)14(15(17,18)19)22-23(9)7-6-12(24)21-11-5-3-2-4-10(11)8-20/h2-5H,6-7H2,1H3,(H,21,24). The second kappa shape index (κ2) is 6.93. The summed E-state index contributed by atoms with van der Waals surface area (Å²) >= 11 is 5.64. The molecule has 1 aromatic heterocycles. The molecule has 2 rings (SSSR count). The Bertz CT molecular complexity index is 808. The molecule has 0 aliphatic carbocycles. The number of amides is 1. The molecular formula is C15H12ClF3N4O. The molecular weight excluding hydrogens is 345 g/mol. The van der Waals surface area contributed by atoms with Crippen molar-refractivity contribution in [3.63, 3.8) is 0 Å². The maximum absolute atomic E-state index is 12.7. The van der Waals surface area contributed by atoms with Gasteiger partial charge in [0.1, 0.15) is 6.07 Å². The summed E-state index contributed by atoms with van der Waals surface area (Å²) in [7, 11) is 0. The van der Waals surface area contributed by atoms with Gasteiger partial charge in [0.15, 0.2) is 5.69 Å². The van der Waals surface area contributed by atoms with Crippen molar-refractivity contribution in [3.8, 4) is 6.07 Å². The van der Waals surface area contributed by atoms with E-state index in [-0.39, 0.29) is 18.7 Å². The molecule has 0 fully saturated rings. The molecule has 1 N–H and O–H groups in total. The SMILES string of the molecule is Cc1c(Cl)c(C(F)(F)F)nn1CCC(=O)Nc1ccccc1C#N. The monoisotopic (exact) mass is 356 g/mol. The van der Waals surface area contributed by atoms with Gasteiger partial charge in [-0.2, -0.15) is 23.5 Å². The Kier molecular flexibility index (Phi) is 5.14. The van der Waals surface area contributed by atoms with Gasteiger partial charge in [-0.15, -0.1) is 0 Å². The largest absolute Gasteiger partial charge is 0.436 e. The van der Waals surface area contributed by atoms with Crippen molar-refractivity contribution < 1.29 is 18.0 Å². The molecule has 0 spiro atoms. The number of aryl methyl sites for hydroxylation is 1. The van der Waals surface area contributed by atoms with Gasteiger partial charge in [0, 0.05) is 6.42 Å². The number of anilines is 1. The molecule has 0 saturated heterocycles. The second-order valence-electron chi connectivity index (χ2n) is 4.92. The highest BCUT2D eigenvalue weighted by atomic mass is 35.5. The van der Waals surface area contributed by atoms with Crippen molar-refractivity contribution >= 4 is 23.2 Å². The first-order chi connectivity index (χ1) is 11.2. The van der Waals surface area contributed by atoms with Gasteiger partial charge in [0.05, 0.1) is 28.5 Å². The fourth-order valence-corrected chi connectivity index (χ4v) is 2.28. The van der Waals surface area contributed by atoms with Gasteiger partial charge in [-0.25, -0.2) is 0 Å². The van der Waals surface area contributed by atoms with E-state index in [4.69, 9.17) is 16.9 Å². The molecule has 5 nitrogen and oxygen atoms in total. The maximum atomic E-state index is 12.7. The Morgan fingerprint density at radius 3 is 2.67 bits per heavy atom. The zero-order valence-corrected chi connectivity index (χ0v) is 13.2. The minimum absolute atomic E-state index is 0.0673. The summed E-state index contributed by atoms with van der Waals surface area (Å²) in [6.45, 7) is 1.33. The molecule has 9 heteroatoms. The summed E-state index contributed by atoms with van der Waals surface area (Å²) < 4.78 is 39.3. The number of benzene rings is 1. The van der Waals surface area contributed by atoms with E-state index in [2.05, 4.69) is 10.4 Å². The third-order valence-corrected chi connectivity index (χ3v) is 3.73. The first-order valence-electron chi connectivity index (χ1n) is 6.83. The topological polar surface area (TPSA) is 70.7 Å². The number of nitrogens with zero attached hydrogens (tertiary/aromatic N) is 3. The fourth-order valence-electron chi connectivity index (χ4n) is 2.03. The average molecular weight is 357 g/mol. The number of rotatable bonds is 4. The number of alkyl halides is 3. The van der Waals surface area contributed by atoms with Crippen molar-refractivity contribution in [2.45, 2.75) is 26.1 Å². The molecule has 0 bridgehead atoms. The quantitative estimate of drug-likeness (QED) is 0.906. The van der Waals surface area contributed by atoms with E-state index in [0.717, 1.165) is 4.68 Å². The number of nitrogens with one attached hydrogen (secondary N) is 1. The van der Waals surface area contributed by atoms with Crippen molar-refractivity contribution in [2.75, 3.05) is 5.32 Å². The molecule has 2 aromatic rings. The zero-order valence-electron chi connectivity index (χ0n) is 12.5. The van der Waals surface area contributed by atoms with E-state index in [0.29, 0.717) is 11.3 Å². The molecule has 1 aromatic carbocycles. The smallest absolute Gasteiger partial charge is 0.325 e. The molecule has 0 aliphatic heterocycles. The fraction of sp³-hybridized carbons (Fsp3) is 0.267. The number of para-hydroxylation sites is 1. The molecule has 0 aliphatic rings. The number of hydrogen-bond donors (Lipinski definition) is 1. The Morgan fingerprint density at radius 2 is 2.08 bits per heavy atom. The number of nitriles is 1. The summed E-state index contributed by atoms with van der Waals surface area (Å²) in [6, 6.07) is 8.36. The van der Waals surface area contributed by atoms with E-state index >= 15 is 0 Å². The van der Waals surface area contributed by atoms with Crippen LogP contribution in [0.5, 0.6) is 0 Å². The van der Waals surface area contributed by atoms with Gasteiger partial charge in [0.25, 0.3) is 0 Å². The van der Waals surface area contributed by atoms with Crippen LogP contribution in [-0.2, 0) is 17.5 Å². The van der Waals surface area contributed by atoms with Crippen LogP contribution < -0.4 is 5.32 Å². The normalized spacial score (nSPS) is 11.2. The second-order valence-corrected chi connectivity index (χ2v) is 5.30. The van der Waals surface area contributed by atoms with Crippen LogP contribution in [0.4, 0.5) is 18.9 Å². The number of carbonyl (C=O) groups excluding carboxylic acids is 1. The van der Waals surface area contributed by atoms with Crippen molar-refractivity contribution in [1.29, 1.82) is 5.26 Å². The maximum Gasteiger partial charge on any atom is 0.436 e. The summed E-state index contributed by atoms with van der Waals surface area (Å²) in [5, 5.41) is 14.4. The highest BCUT2D eigenvalue weighted by Gasteiger charge is 2.38. The third kappa shape index (κ3) is 3.86. The van der Waals surface area contributed by atoms with Crippen molar-refractivity contribution in [1.82, 2.24) is 9.78 Å². The molecule has 1 heterocycles. The summed E-state index contributed by atoms with van der Waals surface area (Å²) in [5.41, 5.74) is -0.397. The van der Waals surface area contributed by atoms with Gasteiger partial charge >= 0.3 is 6.18 Å². The van der Waals surface area contributed by atoms with Gasteiger partial charge in [-0.05, 0) is 19.1 Å². The minimum atomic E-state index is -4.65. The molecule has 0 unspecified atom stereocenters. The predicted octanol–water partition coefficient (Wildman–Crippen LogP) is 3.76. The third-order valence-electron chi connectivity index (χ3n) is 3.27. The summed E-state index contributed by atoms with van der Waals surface area (Å²) in [5.74, 6) is -0.447. The van der Waals surface area contributed by atoms with Gasteiger partial charge in [-0.1, -0.05) is 23.7 Å². The van der Waals surface area contributed by atoms with Crippen LogP contribution in [-0.4, -0.2) is 15.7 Å². The first kappa shape index (κ1) is 17.8. The summed E-state index contributed by atoms with van der Waals surface area (Å²) in [6.07, 6.45) is -4.77.